The Kier molecular flexibility index (Phi) is 7.11. The molecule has 3 rings (SSSR count). The molecule has 1 aliphatic carbocycles. The third kappa shape index (κ3) is 5.00. The smallest absolute Gasteiger partial charge is 0.339 e. The van der Waals surface area contributed by atoms with E-state index >= 15 is 0 Å². The molecule has 1 N–H and O–H groups in total. The van der Waals surface area contributed by atoms with Gasteiger partial charge in [0.1, 0.15) is 5.82 Å². The van der Waals surface area contributed by atoms with Crippen molar-refractivity contribution >= 4 is 27.6 Å². The van der Waals surface area contributed by atoms with Crippen molar-refractivity contribution in [3.05, 3.63) is 28.0 Å². The first-order valence-electron chi connectivity index (χ1n) is 9.60. The van der Waals surface area contributed by atoms with Crippen LogP contribution in [-0.2, 0) is 9.47 Å². The highest BCUT2D eigenvalue weighted by atomic mass is 79.9. The van der Waals surface area contributed by atoms with Crippen LogP contribution >= 0.6 is 15.9 Å². The van der Waals surface area contributed by atoms with Crippen LogP contribution in [0.4, 0.5) is 10.1 Å². The van der Waals surface area contributed by atoms with Crippen LogP contribution in [0.2, 0.25) is 0 Å². The summed E-state index contributed by atoms with van der Waals surface area (Å²) in [6.45, 7) is 1.72. The molecule has 0 unspecified atom stereocenters. The summed E-state index contributed by atoms with van der Waals surface area (Å²) < 4.78 is 26.0. The van der Waals surface area contributed by atoms with Crippen molar-refractivity contribution in [3.8, 4) is 0 Å². The van der Waals surface area contributed by atoms with Gasteiger partial charge in [-0.1, -0.05) is 0 Å². The van der Waals surface area contributed by atoms with Gasteiger partial charge >= 0.3 is 5.97 Å². The Morgan fingerprint density at radius 3 is 2.41 bits per heavy atom. The first-order valence-corrected chi connectivity index (χ1v) is 10.4. The molecular formula is C20H27BrFNO4. The minimum absolute atomic E-state index is 0.190. The van der Waals surface area contributed by atoms with Crippen LogP contribution in [0.25, 0.3) is 0 Å². The molecular weight excluding hydrogens is 417 g/mol. The summed E-state index contributed by atoms with van der Waals surface area (Å²) in [6, 6.07) is 2.88. The maximum Gasteiger partial charge on any atom is 0.339 e. The molecule has 0 aromatic heterocycles. The third-order valence-corrected chi connectivity index (χ3v) is 6.32. The Morgan fingerprint density at radius 1 is 1.19 bits per heavy atom. The van der Waals surface area contributed by atoms with E-state index in [2.05, 4.69) is 20.7 Å². The topological polar surface area (TPSA) is 59.0 Å². The van der Waals surface area contributed by atoms with E-state index in [1.807, 2.05) is 4.90 Å². The van der Waals surface area contributed by atoms with E-state index in [1.165, 1.54) is 13.2 Å². The molecule has 1 aromatic rings. The number of ether oxygens (including phenoxy) is 2. The molecule has 7 heteroatoms. The van der Waals surface area contributed by atoms with Crippen LogP contribution in [0, 0.1) is 11.7 Å². The van der Waals surface area contributed by atoms with Gasteiger partial charge in [-0.15, -0.1) is 0 Å². The first-order chi connectivity index (χ1) is 13.0. The second-order valence-electron chi connectivity index (χ2n) is 7.42. The number of hydrogen-bond acceptors (Lipinski definition) is 5. The molecule has 1 aliphatic heterocycles. The van der Waals surface area contributed by atoms with Crippen molar-refractivity contribution in [2.24, 2.45) is 5.92 Å². The van der Waals surface area contributed by atoms with Crippen molar-refractivity contribution in [2.45, 2.75) is 50.7 Å². The Balaban J connectivity index is 1.55. The minimum Gasteiger partial charge on any atom is -0.465 e. The van der Waals surface area contributed by atoms with Gasteiger partial charge in [0.15, 0.2) is 0 Å². The molecule has 5 nitrogen and oxygen atoms in total. The number of methoxy groups -OCH3 is 1. The number of aliphatic hydroxyl groups excluding tert-OH is 1. The van der Waals surface area contributed by atoms with Gasteiger partial charge in [-0.3, -0.25) is 0 Å². The summed E-state index contributed by atoms with van der Waals surface area (Å²) in [5.74, 6) is -0.545. The highest BCUT2D eigenvalue weighted by Gasteiger charge is 2.28. The van der Waals surface area contributed by atoms with Gasteiger partial charge in [0, 0.05) is 24.2 Å². The van der Waals surface area contributed by atoms with Crippen molar-refractivity contribution < 1.29 is 23.8 Å². The largest absolute Gasteiger partial charge is 0.465 e. The monoisotopic (exact) mass is 443 g/mol. The average molecular weight is 444 g/mol. The molecule has 0 radical (unpaired) electrons. The lowest BCUT2D eigenvalue weighted by atomic mass is 9.88. The average Bonchev–Trinajstić information content (AvgIpc) is 2.70. The second-order valence-corrected chi connectivity index (χ2v) is 8.28. The fourth-order valence-corrected chi connectivity index (χ4v) is 4.49. The zero-order valence-electron chi connectivity index (χ0n) is 15.6. The molecule has 1 heterocycles. The lowest BCUT2D eigenvalue weighted by Crippen LogP contribution is -2.39. The van der Waals surface area contributed by atoms with Crippen LogP contribution in [0.15, 0.2) is 16.6 Å². The van der Waals surface area contributed by atoms with Gasteiger partial charge in [-0.2, -0.15) is 0 Å². The lowest BCUT2D eigenvalue weighted by Gasteiger charge is -2.37. The molecule has 150 valence electrons. The maximum atomic E-state index is 14.5. The highest BCUT2D eigenvalue weighted by Crippen LogP contribution is 2.32. The van der Waals surface area contributed by atoms with E-state index in [1.54, 1.807) is 6.07 Å². The SMILES string of the molecule is COC(=O)c1cc(F)c(N2CCC(OC3CCC(CO)CC3)CC2)cc1Br. The maximum absolute atomic E-state index is 14.5. The van der Waals surface area contributed by atoms with Crippen molar-refractivity contribution in [1.82, 2.24) is 0 Å². The number of benzene rings is 1. The van der Waals surface area contributed by atoms with Crippen LogP contribution in [0.1, 0.15) is 48.9 Å². The third-order valence-electron chi connectivity index (χ3n) is 5.66. The van der Waals surface area contributed by atoms with Crippen LogP contribution in [0.5, 0.6) is 0 Å². The first kappa shape index (κ1) is 20.6. The standard InChI is InChI=1S/C20H27BrFNO4/c1-26-20(25)16-10-18(22)19(11-17(16)21)23-8-6-15(7-9-23)27-14-4-2-13(12-24)3-5-14/h10-11,13-15,24H,2-9,12H2,1H3. The second kappa shape index (κ2) is 9.34. The Labute approximate surface area is 168 Å². The summed E-state index contributed by atoms with van der Waals surface area (Å²) in [5.41, 5.74) is 0.687. The number of halogens is 2. The van der Waals surface area contributed by atoms with Gasteiger partial charge in [0.2, 0.25) is 0 Å². The van der Waals surface area contributed by atoms with Gasteiger partial charge in [-0.25, -0.2) is 9.18 Å². The molecule has 2 aliphatic rings. The van der Waals surface area contributed by atoms with Crippen LogP contribution in [-0.4, -0.2) is 50.1 Å². The number of carbonyl (C=O) groups excluding carboxylic acids is 1. The van der Waals surface area contributed by atoms with Crippen LogP contribution < -0.4 is 4.90 Å². The van der Waals surface area contributed by atoms with E-state index in [4.69, 9.17) is 4.74 Å². The molecule has 1 aromatic carbocycles. The van der Waals surface area contributed by atoms with E-state index in [0.717, 1.165) is 51.6 Å². The Bertz CT molecular complexity index is 656. The van der Waals surface area contributed by atoms with Crippen molar-refractivity contribution in [2.75, 3.05) is 31.7 Å². The van der Waals surface area contributed by atoms with E-state index in [-0.39, 0.29) is 24.4 Å². The highest BCUT2D eigenvalue weighted by molar-refractivity contribution is 9.10. The number of aliphatic hydroxyl groups is 1. The van der Waals surface area contributed by atoms with Gasteiger partial charge in [0.25, 0.3) is 0 Å². The number of anilines is 1. The number of carbonyl (C=O) groups is 1. The Morgan fingerprint density at radius 2 is 1.81 bits per heavy atom. The van der Waals surface area contributed by atoms with Gasteiger partial charge in [0.05, 0.1) is 30.6 Å². The molecule has 0 bridgehead atoms. The molecule has 0 amide bonds. The van der Waals surface area contributed by atoms with E-state index in [0.29, 0.717) is 16.1 Å². The zero-order chi connectivity index (χ0) is 19.4. The zero-order valence-corrected chi connectivity index (χ0v) is 17.2. The Hall–Kier alpha value is -1.18. The van der Waals surface area contributed by atoms with E-state index in [9.17, 15) is 14.3 Å². The lowest BCUT2D eigenvalue weighted by molar-refractivity contribution is -0.0486. The number of nitrogens with zero attached hydrogens (tertiary/aromatic N) is 1. The molecule has 0 atom stereocenters. The van der Waals surface area contributed by atoms with Gasteiger partial charge in [-0.05, 0) is 72.5 Å². The summed E-state index contributed by atoms with van der Waals surface area (Å²) in [7, 11) is 1.28. The fourth-order valence-electron chi connectivity index (χ4n) is 4.00. The molecule has 0 spiro atoms. The fraction of sp³-hybridized carbons (Fsp3) is 0.650. The molecule has 1 saturated carbocycles. The predicted molar refractivity (Wildman–Crippen MR) is 105 cm³/mol. The summed E-state index contributed by atoms with van der Waals surface area (Å²) in [6.07, 6.45) is 6.31. The normalized spacial score (nSPS) is 24.1. The van der Waals surface area contributed by atoms with E-state index < -0.39 is 11.8 Å². The number of hydrogen-bond donors (Lipinski definition) is 1. The van der Waals surface area contributed by atoms with Crippen LogP contribution in [0.3, 0.4) is 0 Å². The minimum atomic E-state index is -0.560. The number of rotatable bonds is 5. The van der Waals surface area contributed by atoms with Gasteiger partial charge < -0.3 is 19.5 Å². The van der Waals surface area contributed by atoms with Crippen molar-refractivity contribution in [1.29, 1.82) is 0 Å². The molecule has 2 fully saturated rings. The summed E-state index contributed by atoms with van der Waals surface area (Å²) in [5, 5.41) is 9.23. The predicted octanol–water partition coefficient (Wildman–Crippen LogP) is 3.91. The summed E-state index contributed by atoms with van der Waals surface area (Å²) in [4.78, 5) is 13.7. The molecule has 1 saturated heterocycles. The summed E-state index contributed by atoms with van der Waals surface area (Å²) >= 11 is 3.34. The van der Waals surface area contributed by atoms with Crippen molar-refractivity contribution in [3.63, 3.8) is 0 Å². The number of piperidine rings is 1. The number of esters is 1. The quantitative estimate of drug-likeness (QED) is 0.698. The molecule has 27 heavy (non-hydrogen) atoms.